The summed E-state index contributed by atoms with van der Waals surface area (Å²) in [5.74, 6) is 0.266. The highest BCUT2D eigenvalue weighted by atomic mass is 16.3. The minimum Gasteiger partial charge on any atom is -0.507 e. The van der Waals surface area contributed by atoms with E-state index in [0.29, 0.717) is 5.56 Å². The highest BCUT2D eigenvalue weighted by Crippen LogP contribution is 2.25. The van der Waals surface area contributed by atoms with E-state index in [-0.39, 0.29) is 17.5 Å². The maximum absolute atomic E-state index is 12.1. The molecule has 0 spiro atoms. The van der Waals surface area contributed by atoms with Gasteiger partial charge in [-0.15, -0.1) is 0 Å². The zero-order valence-corrected chi connectivity index (χ0v) is 9.52. The van der Waals surface area contributed by atoms with Gasteiger partial charge in [0.1, 0.15) is 5.75 Å². The number of piperidine rings is 1. The summed E-state index contributed by atoms with van der Waals surface area (Å²) in [7, 11) is 2.07. The van der Waals surface area contributed by atoms with Crippen LogP contribution in [-0.2, 0) is 0 Å². The van der Waals surface area contributed by atoms with E-state index >= 15 is 0 Å². The predicted octanol–water partition coefficient (Wildman–Crippen LogP) is 1.92. The second-order valence-corrected chi connectivity index (χ2v) is 4.46. The fourth-order valence-electron chi connectivity index (χ4n) is 2.17. The van der Waals surface area contributed by atoms with Crippen LogP contribution in [-0.4, -0.2) is 35.9 Å². The van der Waals surface area contributed by atoms with E-state index < -0.39 is 0 Å². The number of Topliss-reactive ketones (excluding diaryl/α,β-unsaturated/α-hetero) is 1. The van der Waals surface area contributed by atoms with Crippen molar-refractivity contribution in [3.8, 4) is 5.75 Å². The van der Waals surface area contributed by atoms with Crippen LogP contribution in [0.2, 0.25) is 0 Å². The van der Waals surface area contributed by atoms with Crippen molar-refractivity contribution in [1.82, 2.24) is 4.90 Å². The Morgan fingerprint density at radius 1 is 1.31 bits per heavy atom. The normalized spacial score (nSPS) is 18.6. The molecule has 0 unspecified atom stereocenters. The van der Waals surface area contributed by atoms with Gasteiger partial charge in [-0.1, -0.05) is 12.1 Å². The van der Waals surface area contributed by atoms with Gasteiger partial charge in [-0.05, 0) is 45.1 Å². The van der Waals surface area contributed by atoms with E-state index in [4.69, 9.17) is 0 Å². The summed E-state index contributed by atoms with van der Waals surface area (Å²) in [6.45, 7) is 1.92. The molecule has 1 aromatic carbocycles. The summed E-state index contributed by atoms with van der Waals surface area (Å²) in [6.07, 6.45) is 1.79. The maximum atomic E-state index is 12.1. The first-order chi connectivity index (χ1) is 7.68. The molecule has 0 atom stereocenters. The number of benzene rings is 1. The molecule has 0 aliphatic carbocycles. The number of phenols is 1. The summed E-state index contributed by atoms with van der Waals surface area (Å²) >= 11 is 0. The topological polar surface area (TPSA) is 40.5 Å². The van der Waals surface area contributed by atoms with Crippen LogP contribution in [0.3, 0.4) is 0 Å². The van der Waals surface area contributed by atoms with Gasteiger partial charge in [-0.25, -0.2) is 0 Å². The Morgan fingerprint density at radius 2 is 1.94 bits per heavy atom. The Morgan fingerprint density at radius 3 is 2.56 bits per heavy atom. The van der Waals surface area contributed by atoms with Gasteiger partial charge in [0.2, 0.25) is 0 Å². The van der Waals surface area contributed by atoms with Crippen molar-refractivity contribution in [3.05, 3.63) is 29.8 Å². The first-order valence-corrected chi connectivity index (χ1v) is 5.69. The van der Waals surface area contributed by atoms with Crippen LogP contribution >= 0.6 is 0 Å². The molecule has 1 aliphatic rings. The first-order valence-electron chi connectivity index (χ1n) is 5.69. The first kappa shape index (κ1) is 11.1. The zero-order valence-electron chi connectivity index (χ0n) is 9.52. The smallest absolute Gasteiger partial charge is 0.169 e. The molecule has 0 radical (unpaired) electrons. The maximum Gasteiger partial charge on any atom is 0.169 e. The summed E-state index contributed by atoms with van der Waals surface area (Å²) in [5, 5.41) is 9.63. The summed E-state index contributed by atoms with van der Waals surface area (Å²) in [5.41, 5.74) is 0.469. The molecule has 1 N–H and O–H groups in total. The minimum atomic E-state index is 0.0736. The van der Waals surface area contributed by atoms with Crippen LogP contribution in [0.1, 0.15) is 23.2 Å². The van der Waals surface area contributed by atoms with E-state index in [9.17, 15) is 9.90 Å². The van der Waals surface area contributed by atoms with Gasteiger partial charge in [0.15, 0.2) is 5.78 Å². The molecule has 86 valence electrons. The number of hydrogen-bond donors (Lipinski definition) is 1. The Kier molecular flexibility index (Phi) is 3.25. The van der Waals surface area contributed by atoms with Gasteiger partial charge in [0, 0.05) is 5.92 Å². The molecule has 16 heavy (non-hydrogen) atoms. The van der Waals surface area contributed by atoms with E-state index in [1.165, 1.54) is 0 Å². The summed E-state index contributed by atoms with van der Waals surface area (Å²) < 4.78 is 0. The number of ketones is 1. The summed E-state index contributed by atoms with van der Waals surface area (Å²) in [4.78, 5) is 14.4. The Labute approximate surface area is 95.7 Å². The quantitative estimate of drug-likeness (QED) is 0.772. The third-order valence-corrected chi connectivity index (χ3v) is 3.26. The van der Waals surface area contributed by atoms with Crippen molar-refractivity contribution in [2.75, 3.05) is 20.1 Å². The number of likely N-dealkylation sites (tertiary alicyclic amines) is 1. The summed E-state index contributed by atoms with van der Waals surface area (Å²) in [6, 6.07) is 6.81. The zero-order chi connectivity index (χ0) is 11.5. The molecule has 3 heteroatoms. The molecule has 0 aromatic heterocycles. The molecule has 1 heterocycles. The second-order valence-electron chi connectivity index (χ2n) is 4.46. The number of rotatable bonds is 2. The molecule has 3 nitrogen and oxygen atoms in total. The van der Waals surface area contributed by atoms with E-state index in [2.05, 4.69) is 11.9 Å². The third-order valence-electron chi connectivity index (χ3n) is 3.26. The van der Waals surface area contributed by atoms with Crippen LogP contribution in [0.15, 0.2) is 24.3 Å². The molecule has 1 fully saturated rings. The third kappa shape index (κ3) is 2.25. The standard InChI is InChI=1S/C13H17NO2/c1-14-8-6-10(7-9-14)13(16)11-4-2-3-5-12(11)15/h2-5,10,15H,6-9H2,1H3. The molecule has 0 amide bonds. The van der Waals surface area contributed by atoms with Crippen LogP contribution in [0.25, 0.3) is 0 Å². The lowest BCUT2D eigenvalue weighted by atomic mass is 9.89. The number of para-hydroxylation sites is 1. The van der Waals surface area contributed by atoms with E-state index in [0.717, 1.165) is 25.9 Å². The highest BCUT2D eigenvalue weighted by Gasteiger charge is 2.25. The molecular formula is C13H17NO2. The van der Waals surface area contributed by atoms with Crippen molar-refractivity contribution >= 4 is 5.78 Å². The predicted molar refractivity (Wildman–Crippen MR) is 62.7 cm³/mol. The van der Waals surface area contributed by atoms with Crippen LogP contribution in [0.4, 0.5) is 0 Å². The van der Waals surface area contributed by atoms with E-state index in [1.807, 2.05) is 0 Å². The number of carbonyl (C=O) groups excluding carboxylic acids is 1. The lowest BCUT2D eigenvalue weighted by Crippen LogP contribution is -2.33. The van der Waals surface area contributed by atoms with Gasteiger partial charge in [0.05, 0.1) is 5.56 Å². The minimum absolute atomic E-state index is 0.0736. The molecule has 0 saturated carbocycles. The van der Waals surface area contributed by atoms with Crippen molar-refractivity contribution in [1.29, 1.82) is 0 Å². The van der Waals surface area contributed by atoms with Crippen LogP contribution < -0.4 is 0 Å². The average Bonchev–Trinajstić information content (AvgIpc) is 2.30. The largest absolute Gasteiger partial charge is 0.507 e. The lowest BCUT2D eigenvalue weighted by Gasteiger charge is -2.28. The fourth-order valence-corrected chi connectivity index (χ4v) is 2.17. The van der Waals surface area contributed by atoms with E-state index in [1.54, 1.807) is 24.3 Å². The molecule has 1 aliphatic heterocycles. The van der Waals surface area contributed by atoms with Crippen molar-refractivity contribution in [2.45, 2.75) is 12.8 Å². The monoisotopic (exact) mass is 219 g/mol. The Hall–Kier alpha value is -1.35. The molecular weight excluding hydrogens is 202 g/mol. The van der Waals surface area contributed by atoms with Gasteiger partial charge in [-0.2, -0.15) is 0 Å². The van der Waals surface area contributed by atoms with Gasteiger partial charge < -0.3 is 10.0 Å². The number of nitrogens with zero attached hydrogens (tertiary/aromatic N) is 1. The number of hydrogen-bond acceptors (Lipinski definition) is 3. The van der Waals surface area contributed by atoms with Gasteiger partial charge in [-0.3, -0.25) is 4.79 Å². The fraction of sp³-hybridized carbons (Fsp3) is 0.462. The number of aromatic hydroxyl groups is 1. The Bertz CT molecular complexity index is 381. The molecule has 0 bridgehead atoms. The average molecular weight is 219 g/mol. The second kappa shape index (κ2) is 4.66. The Balaban J connectivity index is 2.11. The highest BCUT2D eigenvalue weighted by molar-refractivity contribution is 6.00. The van der Waals surface area contributed by atoms with Crippen LogP contribution in [0, 0.1) is 5.92 Å². The number of phenolic OH excluding ortho intramolecular Hbond substituents is 1. The van der Waals surface area contributed by atoms with Crippen LogP contribution in [0.5, 0.6) is 5.75 Å². The van der Waals surface area contributed by atoms with Crippen molar-refractivity contribution < 1.29 is 9.90 Å². The SMILES string of the molecule is CN1CCC(C(=O)c2ccccc2O)CC1. The molecule has 1 saturated heterocycles. The lowest BCUT2D eigenvalue weighted by molar-refractivity contribution is 0.0854. The molecule has 1 aromatic rings. The van der Waals surface area contributed by atoms with Crippen molar-refractivity contribution in [2.24, 2.45) is 5.92 Å². The van der Waals surface area contributed by atoms with Crippen molar-refractivity contribution in [3.63, 3.8) is 0 Å². The number of carbonyl (C=O) groups is 1. The van der Waals surface area contributed by atoms with Gasteiger partial charge >= 0.3 is 0 Å². The molecule has 2 rings (SSSR count). The van der Waals surface area contributed by atoms with Gasteiger partial charge in [0.25, 0.3) is 0 Å².